The topological polar surface area (TPSA) is 236 Å². The summed E-state index contributed by atoms with van der Waals surface area (Å²) in [5, 5.41) is 29.9. The minimum atomic E-state index is -4.89. The standard InChI is InChI=1S/C43H78O15P2/c1-4-5-20-27-38(44)28-22-17-13-11-14-18-23-29-39(45)30-25-32-43(48)58-41(36-57-60(52,53)56-34-40(46)33-55-59(49,50)51)35-54-42(47)31-24-19-15-10-8-6-7-9-12-16-21-26-37(2)3/h13-14,17-18,22-23,28-29,37-41,44-46H,4-12,15-16,19-21,24-27,30-36H2,1-3H3,(H,52,53)(H2,49,50,51)/b17-13-,18-14-,28-22+,29-23+/t38-,39-,40+,41-/m1/s1. The van der Waals surface area contributed by atoms with Gasteiger partial charge in [-0.1, -0.05) is 159 Å². The quantitative estimate of drug-likeness (QED) is 0.0146. The van der Waals surface area contributed by atoms with E-state index in [4.69, 9.17) is 23.8 Å². The summed E-state index contributed by atoms with van der Waals surface area (Å²) in [5.74, 6) is -0.488. The van der Waals surface area contributed by atoms with Crippen LogP contribution in [0.15, 0.2) is 48.6 Å². The van der Waals surface area contributed by atoms with Crippen molar-refractivity contribution < 1.29 is 71.8 Å². The van der Waals surface area contributed by atoms with E-state index in [2.05, 4.69) is 29.8 Å². The first-order valence-corrected chi connectivity index (χ1v) is 24.9. The van der Waals surface area contributed by atoms with Gasteiger partial charge in [-0.05, 0) is 38.0 Å². The fraction of sp³-hybridized carbons (Fsp3) is 0.767. The Morgan fingerprint density at radius 2 is 1.05 bits per heavy atom. The molecule has 0 saturated heterocycles. The van der Waals surface area contributed by atoms with Gasteiger partial charge in [0.1, 0.15) is 12.7 Å². The summed E-state index contributed by atoms with van der Waals surface area (Å²) < 4.78 is 47.6. The van der Waals surface area contributed by atoms with E-state index >= 15 is 0 Å². The van der Waals surface area contributed by atoms with Crippen LogP contribution in [0.2, 0.25) is 0 Å². The van der Waals surface area contributed by atoms with Crippen molar-refractivity contribution in [2.75, 3.05) is 26.4 Å². The summed E-state index contributed by atoms with van der Waals surface area (Å²) in [6, 6.07) is 0. The molecule has 0 aromatic heterocycles. The monoisotopic (exact) mass is 896 g/mol. The van der Waals surface area contributed by atoms with Crippen molar-refractivity contribution >= 4 is 27.6 Å². The molecule has 15 nitrogen and oxygen atoms in total. The van der Waals surface area contributed by atoms with E-state index < -0.39 is 78.4 Å². The molecular formula is C43H78O15P2. The third-order valence-electron chi connectivity index (χ3n) is 9.10. The van der Waals surface area contributed by atoms with Crippen molar-refractivity contribution in [3.05, 3.63) is 48.6 Å². The Bertz CT molecular complexity index is 1300. The van der Waals surface area contributed by atoms with Crippen LogP contribution in [-0.2, 0) is 41.8 Å². The van der Waals surface area contributed by atoms with Crippen molar-refractivity contribution in [2.45, 2.75) is 180 Å². The van der Waals surface area contributed by atoms with E-state index in [9.17, 15) is 38.9 Å². The Kier molecular flexibility index (Phi) is 36.3. The number of carbonyl (C=O) groups excluding carboxylic acids is 2. The van der Waals surface area contributed by atoms with Crippen LogP contribution < -0.4 is 0 Å². The molecule has 0 heterocycles. The average molecular weight is 897 g/mol. The number of unbranched alkanes of at least 4 members (excludes halogenated alkanes) is 12. The number of aliphatic hydroxyl groups is 3. The summed E-state index contributed by atoms with van der Waals surface area (Å²) in [4.78, 5) is 52.7. The maximum absolute atomic E-state index is 12.7. The van der Waals surface area contributed by atoms with Crippen molar-refractivity contribution in [3.63, 3.8) is 0 Å². The lowest BCUT2D eigenvalue weighted by Gasteiger charge is -2.20. The summed E-state index contributed by atoms with van der Waals surface area (Å²) in [5.41, 5.74) is 0. The van der Waals surface area contributed by atoms with E-state index in [-0.39, 0.29) is 25.7 Å². The summed E-state index contributed by atoms with van der Waals surface area (Å²) in [6.07, 6.45) is 29.0. The van der Waals surface area contributed by atoms with Crippen molar-refractivity contribution in [1.29, 1.82) is 0 Å². The molecule has 1 unspecified atom stereocenters. The molecule has 0 amide bonds. The Morgan fingerprint density at radius 3 is 1.60 bits per heavy atom. The highest BCUT2D eigenvalue weighted by molar-refractivity contribution is 7.47. The van der Waals surface area contributed by atoms with E-state index in [1.807, 2.05) is 24.3 Å². The van der Waals surface area contributed by atoms with Gasteiger partial charge in [0.05, 0.1) is 32.0 Å². The average Bonchev–Trinajstić information content (AvgIpc) is 3.18. The summed E-state index contributed by atoms with van der Waals surface area (Å²) >= 11 is 0. The van der Waals surface area contributed by atoms with Gasteiger partial charge in [0.15, 0.2) is 6.10 Å². The highest BCUT2D eigenvalue weighted by Crippen LogP contribution is 2.43. The highest BCUT2D eigenvalue weighted by atomic mass is 31.2. The zero-order valence-electron chi connectivity index (χ0n) is 36.4. The van der Waals surface area contributed by atoms with Gasteiger partial charge in [0.25, 0.3) is 0 Å². The number of allylic oxidation sites excluding steroid dienone is 6. The molecule has 0 saturated carbocycles. The van der Waals surface area contributed by atoms with Crippen molar-refractivity contribution in [1.82, 2.24) is 0 Å². The predicted molar refractivity (Wildman–Crippen MR) is 233 cm³/mol. The molecule has 0 spiro atoms. The molecule has 0 aliphatic heterocycles. The van der Waals surface area contributed by atoms with Gasteiger partial charge in [0, 0.05) is 12.8 Å². The van der Waals surface area contributed by atoms with E-state index in [0.717, 1.165) is 50.9 Å². The molecule has 0 aromatic carbocycles. The maximum Gasteiger partial charge on any atom is 0.472 e. The van der Waals surface area contributed by atoms with Gasteiger partial charge in [-0.2, -0.15) is 0 Å². The van der Waals surface area contributed by atoms with Crippen LogP contribution in [0, 0.1) is 5.92 Å². The maximum atomic E-state index is 12.7. The highest BCUT2D eigenvalue weighted by Gasteiger charge is 2.28. The lowest BCUT2D eigenvalue weighted by molar-refractivity contribution is -0.161. The van der Waals surface area contributed by atoms with E-state index in [1.54, 1.807) is 24.3 Å². The number of carbonyl (C=O) groups is 2. The van der Waals surface area contributed by atoms with Crippen LogP contribution in [0.3, 0.4) is 0 Å². The molecule has 0 aromatic rings. The minimum absolute atomic E-state index is 0.117. The second kappa shape index (κ2) is 37.5. The van der Waals surface area contributed by atoms with Crippen molar-refractivity contribution in [3.8, 4) is 0 Å². The zero-order chi connectivity index (χ0) is 44.9. The van der Waals surface area contributed by atoms with Gasteiger partial charge in [0.2, 0.25) is 0 Å². The Hall–Kier alpha value is -2.00. The third-order valence-corrected chi connectivity index (χ3v) is 10.5. The van der Waals surface area contributed by atoms with Crippen LogP contribution in [0.25, 0.3) is 0 Å². The molecule has 6 N–H and O–H groups in total. The van der Waals surface area contributed by atoms with Crippen LogP contribution in [-0.4, -0.2) is 92.8 Å². The summed E-state index contributed by atoms with van der Waals surface area (Å²) in [7, 11) is -9.76. The Labute approximate surface area is 359 Å². The molecule has 60 heavy (non-hydrogen) atoms. The lowest BCUT2D eigenvalue weighted by atomic mass is 10.0. The first kappa shape index (κ1) is 58.0. The van der Waals surface area contributed by atoms with Gasteiger partial charge in [-0.15, -0.1) is 0 Å². The van der Waals surface area contributed by atoms with E-state index in [0.29, 0.717) is 12.8 Å². The number of aliphatic hydroxyl groups excluding tert-OH is 3. The first-order chi connectivity index (χ1) is 28.5. The molecule has 0 fully saturated rings. The molecule has 5 atom stereocenters. The number of esters is 2. The summed E-state index contributed by atoms with van der Waals surface area (Å²) in [6.45, 7) is 3.69. The van der Waals surface area contributed by atoms with Crippen LogP contribution in [0.4, 0.5) is 0 Å². The van der Waals surface area contributed by atoms with Crippen LogP contribution in [0.1, 0.15) is 156 Å². The molecule has 0 aliphatic carbocycles. The molecule has 0 bridgehead atoms. The number of hydrogen-bond acceptors (Lipinski definition) is 12. The molecule has 17 heteroatoms. The second-order valence-corrected chi connectivity index (χ2v) is 18.2. The fourth-order valence-corrected chi connectivity index (χ4v) is 6.84. The zero-order valence-corrected chi connectivity index (χ0v) is 38.2. The first-order valence-electron chi connectivity index (χ1n) is 21.9. The smallest absolute Gasteiger partial charge is 0.462 e. The second-order valence-electron chi connectivity index (χ2n) is 15.5. The largest absolute Gasteiger partial charge is 0.472 e. The van der Waals surface area contributed by atoms with Gasteiger partial charge >= 0.3 is 27.6 Å². The lowest BCUT2D eigenvalue weighted by Crippen LogP contribution is -2.30. The number of hydrogen-bond donors (Lipinski definition) is 6. The number of phosphoric ester groups is 2. The molecule has 0 rings (SSSR count). The number of phosphoric acid groups is 2. The molecule has 0 aliphatic rings. The Morgan fingerprint density at radius 1 is 0.567 bits per heavy atom. The van der Waals surface area contributed by atoms with Gasteiger partial charge < -0.3 is 39.5 Å². The molecule has 0 radical (unpaired) electrons. The minimum Gasteiger partial charge on any atom is -0.462 e. The fourth-order valence-electron chi connectivity index (χ4n) is 5.69. The number of rotatable bonds is 40. The Balaban J connectivity index is 4.76. The third kappa shape index (κ3) is 41.4. The van der Waals surface area contributed by atoms with E-state index in [1.165, 1.54) is 51.4 Å². The van der Waals surface area contributed by atoms with Gasteiger partial charge in [-0.25, -0.2) is 9.13 Å². The van der Waals surface area contributed by atoms with Gasteiger partial charge in [-0.3, -0.25) is 23.2 Å². The predicted octanol–water partition coefficient (Wildman–Crippen LogP) is 8.86. The number of ether oxygens (including phenoxy) is 2. The SMILES string of the molecule is CCCCC[C@@H](O)/C=C/C=C\C/C=C\C=C\[C@@H](O)CCCC(=O)O[C@H](COC(=O)CCCCCCCCCCCCCC(C)C)COP(=O)(O)OC[C@@H](O)COP(=O)(O)O. The van der Waals surface area contributed by atoms with Crippen molar-refractivity contribution in [2.24, 2.45) is 5.92 Å². The molecular weight excluding hydrogens is 818 g/mol. The normalized spacial score (nSPS) is 15.6. The molecule has 350 valence electrons. The van der Waals surface area contributed by atoms with Crippen LogP contribution in [0.5, 0.6) is 0 Å². The van der Waals surface area contributed by atoms with Crippen LogP contribution >= 0.6 is 15.6 Å².